The van der Waals surface area contributed by atoms with Crippen molar-refractivity contribution in [2.24, 2.45) is 0 Å². The van der Waals surface area contributed by atoms with Gasteiger partial charge in [-0.15, -0.1) is 0 Å². The largest absolute Gasteiger partial charge is 0.394 e. The highest BCUT2D eigenvalue weighted by atomic mass is 35.5. The van der Waals surface area contributed by atoms with Crippen LogP contribution in [0.2, 0.25) is 5.02 Å². The molecule has 0 unspecified atom stereocenters. The summed E-state index contributed by atoms with van der Waals surface area (Å²) < 4.78 is 1.35. The van der Waals surface area contributed by atoms with Crippen molar-refractivity contribution >= 4 is 17.3 Å². The lowest BCUT2D eigenvalue weighted by molar-refractivity contribution is 0.202. The zero-order valence-corrected chi connectivity index (χ0v) is 13.9. The van der Waals surface area contributed by atoms with Crippen LogP contribution in [0.3, 0.4) is 0 Å². The molecule has 0 aliphatic heterocycles. The number of rotatable bonds is 8. The fraction of sp³-hybridized carbons (Fsp3) is 0.714. The maximum Gasteiger partial charge on any atom is 0.287 e. The quantitative estimate of drug-likeness (QED) is 0.759. The van der Waals surface area contributed by atoms with Crippen molar-refractivity contribution in [2.75, 3.05) is 32.6 Å². The third kappa shape index (κ3) is 4.43. The second kappa shape index (κ2) is 7.77. The summed E-state index contributed by atoms with van der Waals surface area (Å²) in [6, 6.07) is 0. The number of anilines is 1. The van der Waals surface area contributed by atoms with E-state index in [-0.39, 0.29) is 17.2 Å². The van der Waals surface area contributed by atoms with E-state index in [9.17, 15) is 9.90 Å². The summed E-state index contributed by atoms with van der Waals surface area (Å²) in [4.78, 5) is 14.2. The van der Waals surface area contributed by atoms with Gasteiger partial charge in [-0.25, -0.2) is 4.68 Å². The number of aliphatic hydroxyl groups is 1. The number of likely N-dealkylation sites (N-methyl/N-ethyl adjacent to an activating group) is 1. The Morgan fingerprint density at radius 3 is 2.52 bits per heavy atom. The Balaban J connectivity index is 3.01. The number of aliphatic hydroxyl groups excluding tert-OH is 1. The summed E-state index contributed by atoms with van der Waals surface area (Å²) in [6.07, 6.45) is 3.00. The molecule has 0 saturated carbocycles. The van der Waals surface area contributed by atoms with Crippen LogP contribution in [-0.4, -0.2) is 52.6 Å². The number of hydrogen-bond acceptors (Lipinski definition) is 5. The Labute approximate surface area is 130 Å². The number of halogens is 1. The molecular formula is C14H25ClN4O2. The average Bonchev–Trinajstić information content (AvgIpc) is 2.48. The van der Waals surface area contributed by atoms with Crippen LogP contribution >= 0.6 is 11.6 Å². The SMILES string of the molecule is CCC(CC)(CO)Nc1cnn(CCN(C)C)c(=O)c1Cl. The van der Waals surface area contributed by atoms with Gasteiger partial charge in [0.25, 0.3) is 5.56 Å². The molecule has 0 saturated heterocycles. The maximum absolute atomic E-state index is 12.2. The van der Waals surface area contributed by atoms with Gasteiger partial charge in [0.05, 0.1) is 30.6 Å². The van der Waals surface area contributed by atoms with Crippen LogP contribution in [0.5, 0.6) is 0 Å². The smallest absolute Gasteiger partial charge is 0.287 e. The van der Waals surface area contributed by atoms with Gasteiger partial charge in [0.15, 0.2) is 0 Å². The third-order valence-corrected chi connectivity index (χ3v) is 4.17. The number of hydrogen-bond donors (Lipinski definition) is 2. The molecule has 0 aliphatic rings. The number of nitrogens with zero attached hydrogens (tertiary/aromatic N) is 3. The predicted molar refractivity (Wildman–Crippen MR) is 86.1 cm³/mol. The zero-order valence-electron chi connectivity index (χ0n) is 13.2. The van der Waals surface area contributed by atoms with Gasteiger partial charge < -0.3 is 15.3 Å². The molecule has 0 atom stereocenters. The summed E-state index contributed by atoms with van der Waals surface area (Å²) in [5, 5.41) is 17.0. The maximum atomic E-state index is 12.2. The monoisotopic (exact) mass is 316 g/mol. The van der Waals surface area contributed by atoms with Crippen LogP contribution < -0.4 is 10.9 Å². The topological polar surface area (TPSA) is 70.4 Å². The molecule has 7 heteroatoms. The Morgan fingerprint density at radius 1 is 1.43 bits per heavy atom. The molecule has 1 heterocycles. The fourth-order valence-corrected chi connectivity index (χ4v) is 2.18. The average molecular weight is 317 g/mol. The second-order valence-corrected chi connectivity index (χ2v) is 5.85. The van der Waals surface area contributed by atoms with E-state index >= 15 is 0 Å². The van der Waals surface area contributed by atoms with Gasteiger partial charge >= 0.3 is 0 Å². The minimum atomic E-state index is -0.479. The Kier molecular flexibility index (Phi) is 6.64. The Hall–Kier alpha value is -1.11. The highest BCUT2D eigenvalue weighted by Gasteiger charge is 2.26. The van der Waals surface area contributed by atoms with Crippen molar-refractivity contribution in [3.05, 3.63) is 21.6 Å². The molecule has 0 aromatic carbocycles. The minimum absolute atomic E-state index is 0.0277. The highest BCUT2D eigenvalue weighted by molar-refractivity contribution is 6.32. The number of aromatic nitrogens is 2. The Bertz CT molecular complexity index is 504. The third-order valence-electron chi connectivity index (χ3n) is 3.80. The van der Waals surface area contributed by atoms with Gasteiger partial charge in [0, 0.05) is 6.54 Å². The van der Waals surface area contributed by atoms with Crippen LogP contribution in [0.4, 0.5) is 5.69 Å². The molecule has 0 aliphatic carbocycles. The molecule has 0 bridgehead atoms. The molecule has 0 radical (unpaired) electrons. The number of nitrogens with one attached hydrogen (secondary N) is 1. The van der Waals surface area contributed by atoms with Gasteiger partial charge in [0.2, 0.25) is 0 Å². The van der Waals surface area contributed by atoms with E-state index in [0.717, 1.165) is 12.8 Å². The van der Waals surface area contributed by atoms with Crippen molar-refractivity contribution in [1.29, 1.82) is 0 Å². The molecule has 1 aromatic rings. The summed E-state index contributed by atoms with van der Waals surface area (Å²) in [5.41, 5.74) is -0.323. The summed E-state index contributed by atoms with van der Waals surface area (Å²) in [7, 11) is 3.86. The first-order valence-electron chi connectivity index (χ1n) is 7.18. The first-order valence-corrected chi connectivity index (χ1v) is 7.56. The predicted octanol–water partition coefficient (Wildman–Crippen LogP) is 1.42. The molecule has 1 rings (SSSR count). The standard InChI is InChI=1S/C14H25ClN4O2/c1-5-14(6-2,10-20)17-11-9-16-19(8-7-18(3)4)13(21)12(11)15/h9,17,20H,5-8,10H2,1-4H3. The first kappa shape index (κ1) is 17.9. The minimum Gasteiger partial charge on any atom is -0.394 e. The molecule has 6 nitrogen and oxygen atoms in total. The van der Waals surface area contributed by atoms with E-state index in [2.05, 4.69) is 10.4 Å². The van der Waals surface area contributed by atoms with Gasteiger partial charge in [-0.1, -0.05) is 25.4 Å². The Morgan fingerprint density at radius 2 is 2.05 bits per heavy atom. The van der Waals surface area contributed by atoms with Crippen molar-refractivity contribution in [3.63, 3.8) is 0 Å². The van der Waals surface area contributed by atoms with E-state index in [0.29, 0.717) is 18.8 Å². The normalized spacial score (nSPS) is 12.0. The fourth-order valence-electron chi connectivity index (χ4n) is 1.98. The summed E-state index contributed by atoms with van der Waals surface area (Å²) in [5.74, 6) is 0. The lowest BCUT2D eigenvalue weighted by Crippen LogP contribution is -2.41. The van der Waals surface area contributed by atoms with E-state index in [4.69, 9.17) is 11.6 Å². The van der Waals surface area contributed by atoms with E-state index in [1.54, 1.807) is 6.20 Å². The van der Waals surface area contributed by atoms with Crippen LogP contribution in [0.1, 0.15) is 26.7 Å². The van der Waals surface area contributed by atoms with Gasteiger partial charge in [0.1, 0.15) is 5.02 Å². The van der Waals surface area contributed by atoms with Crippen LogP contribution in [-0.2, 0) is 6.54 Å². The van der Waals surface area contributed by atoms with Crippen molar-refractivity contribution in [1.82, 2.24) is 14.7 Å². The molecule has 2 N–H and O–H groups in total. The molecule has 0 spiro atoms. The van der Waals surface area contributed by atoms with Gasteiger partial charge in [-0.2, -0.15) is 5.10 Å². The first-order chi connectivity index (χ1) is 9.89. The van der Waals surface area contributed by atoms with E-state index < -0.39 is 5.54 Å². The van der Waals surface area contributed by atoms with Crippen LogP contribution in [0.25, 0.3) is 0 Å². The summed E-state index contributed by atoms with van der Waals surface area (Å²) in [6.45, 7) is 5.12. The lowest BCUT2D eigenvalue weighted by atomic mass is 9.93. The highest BCUT2D eigenvalue weighted by Crippen LogP contribution is 2.24. The van der Waals surface area contributed by atoms with E-state index in [1.165, 1.54) is 4.68 Å². The van der Waals surface area contributed by atoms with Crippen LogP contribution in [0, 0.1) is 0 Å². The van der Waals surface area contributed by atoms with Crippen molar-refractivity contribution in [3.8, 4) is 0 Å². The second-order valence-electron chi connectivity index (χ2n) is 5.47. The van der Waals surface area contributed by atoms with E-state index in [1.807, 2.05) is 32.8 Å². The van der Waals surface area contributed by atoms with Gasteiger partial charge in [-0.3, -0.25) is 4.79 Å². The molecule has 21 heavy (non-hydrogen) atoms. The van der Waals surface area contributed by atoms with Crippen molar-refractivity contribution in [2.45, 2.75) is 38.8 Å². The molecular weight excluding hydrogens is 292 g/mol. The molecule has 0 amide bonds. The zero-order chi connectivity index (χ0) is 16.0. The summed E-state index contributed by atoms with van der Waals surface area (Å²) >= 11 is 6.16. The van der Waals surface area contributed by atoms with Crippen LogP contribution in [0.15, 0.2) is 11.0 Å². The molecule has 120 valence electrons. The molecule has 1 aromatic heterocycles. The molecule has 0 fully saturated rings. The van der Waals surface area contributed by atoms with Crippen molar-refractivity contribution < 1.29 is 5.11 Å². The van der Waals surface area contributed by atoms with Gasteiger partial charge in [-0.05, 0) is 26.9 Å². The lowest BCUT2D eigenvalue weighted by Gasteiger charge is -2.32.